The fourth-order valence-corrected chi connectivity index (χ4v) is 4.10. The topological polar surface area (TPSA) is 91.5 Å². The van der Waals surface area contributed by atoms with Crippen LogP contribution in [0.4, 0.5) is 0 Å². The van der Waals surface area contributed by atoms with Crippen LogP contribution in [0.15, 0.2) is 47.6 Å². The third-order valence-electron chi connectivity index (χ3n) is 6.12. The lowest BCUT2D eigenvalue weighted by atomic mass is 9.91. The van der Waals surface area contributed by atoms with Gasteiger partial charge in [0.25, 0.3) is 0 Å². The van der Waals surface area contributed by atoms with E-state index in [0.717, 1.165) is 28.0 Å². The molecule has 4 rings (SSSR count). The van der Waals surface area contributed by atoms with E-state index in [2.05, 4.69) is 5.16 Å². The molecule has 1 saturated carbocycles. The van der Waals surface area contributed by atoms with Crippen molar-refractivity contribution in [3.05, 3.63) is 69.7 Å². The Morgan fingerprint density at radius 2 is 1.91 bits per heavy atom. The molecule has 2 aliphatic rings. The standard InChI is InChI=1S/C25H30ClNO5/c1-15(27-31-14-17-2-3-17)18-6-4-16(5-7-18)10-20-11-19(8-9-22(20)26)25-24(30)23(29)12-21(13-28)32-25/h4-9,11,17,21,23-25,28-30H,2-3,10,12-14H2,1H3. The number of aliphatic hydroxyl groups is 3. The van der Waals surface area contributed by atoms with E-state index in [9.17, 15) is 15.3 Å². The summed E-state index contributed by atoms with van der Waals surface area (Å²) in [4.78, 5) is 5.42. The Morgan fingerprint density at radius 3 is 2.59 bits per heavy atom. The number of oxime groups is 1. The van der Waals surface area contributed by atoms with Gasteiger partial charge >= 0.3 is 0 Å². The second-order valence-electron chi connectivity index (χ2n) is 8.80. The minimum absolute atomic E-state index is 0.204. The van der Waals surface area contributed by atoms with Crippen LogP contribution in [-0.2, 0) is 16.0 Å². The molecule has 0 radical (unpaired) electrons. The van der Waals surface area contributed by atoms with Crippen molar-refractivity contribution in [2.75, 3.05) is 13.2 Å². The van der Waals surface area contributed by atoms with Gasteiger partial charge in [0.2, 0.25) is 0 Å². The Bertz CT molecular complexity index is 944. The minimum Gasteiger partial charge on any atom is -0.395 e. The molecular weight excluding hydrogens is 430 g/mol. The summed E-state index contributed by atoms with van der Waals surface area (Å²) in [7, 11) is 0. The molecule has 0 amide bonds. The van der Waals surface area contributed by atoms with Crippen molar-refractivity contribution < 1.29 is 24.9 Å². The molecule has 7 heteroatoms. The lowest BCUT2D eigenvalue weighted by Crippen LogP contribution is -2.44. The molecule has 2 aromatic rings. The van der Waals surface area contributed by atoms with Gasteiger partial charge in [0.15, 0.2) is 0 Å². The van der Waals surface area contributed by atoms with E-state index in [4.69, 9.17) is 21.2 Å². The lowest BCUT2D eigenvalue weighted by molar-refractivity contribution is -0.179. The van der Waals surface area contributed by atoms with Crippen LogP contribution in [-0.4, -0.2) is 52.6 Å². The fourth-order valence-electron chi connectivity index (χ4n) is 3.91. The summed E-state index contributed by atoms with van der Waals surface area (Å²) in [5.74, 6) is 0.673. The highest BCUT2D eigenvalue weighted by Gasteiger charge is 2.37. The third-order valence-corrected chi connectivity index (χ3v) is 6.49. The first-order valence-electron chi connectivity index (χ1n) is 11.1. The number of hydrogen-bond donors (Lipinski definition) is 3. The van der Waals surface area contributed by atoms with E-state index >= 15 is 0 Å². The van der Waals surface area contributed by atoms with Crippen molar-refractivity contribution in [2.45, 2.75) is 57.0 Å². The highest BCUT2D eigenvalue weighted by atomic mass is 35.5. The number of halogens is 1. The molecular formula is C25H30ClNO5. The van der Waals surface area contributed by atoms with Gasteiger partial charge in [-0.05, 0) is 60.4 Å². The second-order valence-corrected chi connectivity index (χ2v) is 9.20. The smallest absolute Gasteiger partial charge is 0.120 e. The van der Waals surface area contributed by atoms with Crippen molar-refractivity contribution in [2.24, 2.45) is 11.1 Å². The van der Waals surface area contributed by atoms with Gasteiger partial charge < -0.3 is 24.9 Å². The third kappa shape index (κ3) is 5.69. The van der Waals surface area contributed by atoms with Gasteiger partial charge in [-0.2, -0.15) is 0 Å². The number of hydrogen-bond acceptors (Lipinski definition) is 6. The molecule has 1 aliphatic heterocycles. The molecule has 1 saturated heterocycles. The Morgan fingerprint density at radius 1 is 1.16 bits per heavy atom. The van der Waals surface area contributed by atoms with Crippen LogP contribution in [0.2, 0.25) is 5.02 Å². The van der Waals surface area contributed by atoms with Crippen LogP contribution in [0.25, 0.3) is 0 Å². The Balaban J connectivity index is 1.46. The SMILES string of the molecule is CC(=NOCC1CC1)c1ccc(Cc2cc(C3OC(CO)CC(O)C3O)ccc2Cl)cc1. The fraction of sp³-hybridized carbons (Fsp3) is 0.480. The van der Waals surface area contributed by atoms with E-state index in [1.807, 2.05) is 37.3 Å². The first kappa shape index (κ1) is 23.2. The predicted molar refractivity (Wildman–Crippen MR) is 123 cm³/mol. The zero-order valence-electron chi connectivity index (χ0n) is 18.2. The summed E-state index contributed by atoms with van der Waals surface area (Å²) >= 11 is 6.45. The molecule has 0 aromatic heterocycles. The summed E-state index contributed by atoms with van der Waals surface area (Å²) < 4.78 is 5.81. The van der Waals surface area contributed by atoms with Crippen LogP contribution < -0.4 is 0 Å². The molecule has 1 heterocycles. The number of nitrogens with zero attached hydrogens (tertiary/aromatic N) is 1. The second kappa shape index (κ2) is 10.3. The molecule has 2 fully saturated rings. The minimum atomic E-state index is -1.06. The lowest BCUT2D eigenvalue weighted by Gasteiger charge is -2.37. The maximum absolute atomic E-state index is 10.4. The summed E-state index contributed by atoms with van der Waals surface area (Å²) in [5.41, 5.74) is 4.55. The van der Waals surface area contributed by atoms with E-state index < -0.39 is 24.4 Å². The number of rotatable bonds is 8. The van der Waals surface area contributed by atoms with Crippen LogP contribution in [0.5, 0.6) is 0 Å². The van der Waals surface area contributed by atoms with E-state index in [1.165, 1.54) is 12.8 Å². The van der Waals surface area contributed by atoms with Crippen molar-refractivity contribution >= 4 is 17.3 Å². The van der Waals surface area contributed by atoms with Crippen LogP contribution in [0.3, 0.4) is 0 Å². The average Bonchev–Trinajstić information content (AvgIpc) is 3.62. The van der Waals surface area contributed by atoms with E-state index in [0.29, 0.717) is 24.0 Å². The summed E-state index contributed by atoms with van der Waals surface area (Å²) in [6, 6.07) is 13.6. The van der Waals surface area contributed by atoms with Gasteiger partial charge in [-0.3, -0.25) is 0 Å². The van der Waals surface area contributed by atoms with Crippen LogP contribution >= 0.6 is 11.6 Å². The molecule has 4 unspecified atom stereocenters. The molecule has 2 aromatic carbocycles. The van der Waals surface area contributed by atoms with Gasteiger partial charge in [0.1, 0.15) is 18.8 Å². The first-order chi connectivity index (χ1) is 15.4. The number of benzene rings is 2. The summed E-state index contributed by atoms with van der Waals surface area (Å²) in [5, 5.41) is 34.8. The molecule has 3 N–H and O–H groups in total. The largest absolute Gasteiger partial charge is 0.395 e. The maximum atomic E-state index is 10.4. The molecule has 0 bridgehead atoms. The Labute approximate surface area is 193 Å². The zero-order valence-corrected chi connectivity index (χ0v) is 18.9. The quantitative estimate of drug-likeness (QED) is 0.414. The van der Waals surface area contributed by atoms with Gasteiger partial charge in [-0.15, -0.1) is 0 Å². The highest BCUT2D eigenvalue weighted by molar-refractivity contribution is 6.31. The van der Waals surface area contributed by atoms with E-state index in [-0.39, 0.29) is 13.0 Å². The Kier molecular flexibility index (Phi) is 7.48. The molecule has 6 nitrogen and oxygen atoms in total. The van der Waals surface area contributed by atoms with Gasteiger partial charge in [-0.1, -0.05) is 53.2 Å². The van der Waals surface area contributed by atoms with Gasteiger partial charge in [-0.25, -0.2) is 0 Å². The average molecular weight is 460 g/mol. The number of aliphatic hydroxyl groups excluding tert-OH is 3. The molecule has 1 aliphatic carbocycles. The zero-order chi connectivity index (χ0) is 22.7. The van der Waals surface area contributed by atoms with Crippen molar-refractivity contribution in [3.8, 4) is 0 Å². The Hall–Kier alpha value is -1.96. The van der Waals surface area contributed by atoms with Crippen molar-refractivity contribution in [1.82, 2.24) is 0 Å². The predicted octanol–water partition coefficient (Wildman–Crippen LogP) is 3.63. The van der Waals surface area contributed by atoms with Crippen molar-refractivity contribution in [1.29, 1.82) is 0 Å². The first-order valence-corrected chi connectivity index (χ1v) is 11.5. The number of ether oxygens (including phenoxy) is 1. The molecule has 32 heavy (non-hydrogen) atoms. The monoisotopic (exact) mass is 459 g/mol. The van der Waals surface area contributed by atoms with Crippen LogP contribution in [0.1, 0.15) is 54.5 Å². The van der Waals surface area contributed by atoms with E-state index in [1.54, 1.807) is 12.1 Å². The molecule has 4 atom stereocenters. The normalized spacial score (nSPS) is 26.2. The van der Waals surface area contributed by atoms with Gasteiger partial charge in [0, 0.05) is 11.4 Å². The van der Waals surface area contributed by atoms with Crippen LogP contribution in [0, 0.1) is 5.92 Å². The van der Waals surface area contributed by atoms with Crippen molar-refractivity contribution in [3.63, 3.8) is 0 Å². The van der Waals surface area contributed by atoms with Gasteiger partial charge in [0.05, 0.1) is 24.5 Å². The maximum Gasteiger partial charge on any atom is 0.120 e. The summed E-state index contributed by atoms with van der Waals surface area (Å²) in [6.45, 7) is 2.42. The summed E-state index contributed by atoms with van der Waals surface area (Å²) in [6.07, 6.45) is 0.0483. The molecule has 172 valence electrons. The molecule has 0 spiro atoms. The highest BCUT2D eigenvalue weighted by Crippen LogP contribution is 2.34.